The molecule has 1 N–H and O–H groups in total. The molecule has 1 saturated heterocycles. The number of fused-ring (bicyclic) bond motifs is 1. The Kier molecular flexibility index (Phi) is 7.23. The Morgan fingerprint density at radius 2 is 1.84 bits per heavy atom. The number of likely N-dealkylation sites (tertiary alicyclic amines) is 1. The molecule has 2 unspecified atom stereocenters. The number of carbonyl (C=O) groups excluding carboxylic acids is 2. The zero-order chi connectivity index (χ0) is 26.8. The van der Waals surface area contributed by atoms with Crippen molar-refractivity contribution < 1.29 is 24.2 Å². The van der Waals surface area contributed by atoms with Crippen LogP contribution in [0.25, 0.3) is 5.76 Å². The standard InChI is InChI=1S/C32H33NO5/c1-20(2)14-15-37-26-11-7-10-23(18-26)29-28(30(34)24-12-13-27-25(17-24)16-21(3)38-27)31(35)32(36)33(29)19-22-8-5-4-6-9-22/h4-13,17-18,20-21,29,34H,14-16,19H2,1-3H3. The number of Topliss-reactive ketones (excluding diaryl/α,β-unsaturated/α-hetero) is 1. The van der Waals surface area contributed by atoms with E-state index in [0.717, 1.165) is 29.7 Å². The second-order valence-corrected chi connectivity index (χ2v) is 10.5. The van der Waals surface area contributed by atoms with Crippen molar-refractivity contribution in [2.75, 3.05) is 6.61 Å². The van der Waals surface area contributed by atoms with Gasteiger partial charge in [0, 0.05) is 18.5 Å². The first-order chi connectivity index (χ1) is 18.3. The lowest BCUT2D eigenvalue weighted by Crippen LogP contribution is -2.29. The van der Waals surface area contributed by atoms with Crippen molar-refractivity contribution >= 4 is 17.4 Å². The molecule has 3 aromatic rings. The van der Waals surface area contributed by atoms with E-state index in [4.69, 9.17) is 9.47 Å². The summed E-state index contributed by atoms with van der Waals surface area (Å²) < 4.78 is 11.8. The quantitative estimate of drug-likeness (QED) is 0.226. The number of nitrogens with zero attached hydrogens (tertiary/aromatic N) is 1. The number of benzene rings is 3. The Morgan fingerprint density at radius 3 is 2.61 bits per heavy atom. The predicted molar refractivity (Wildman–Crippen MR) is 146 cm³/mol. The number of hydrogen-bond donors (Lipinski definition) is 1. The van der Waals surface area contributed by atoms with Gasteiger partial charge in [0.1, 0.15) is 23.4 Å². The minimum atomic E-state index is -0.757. The number of ether oxygens (including phenoxy) is 2. The minimum absolute atomic E-state index is 0.0530. The van der Waals surface area contributed by atoms with E-state index in [1.165, 1.54) is 4.90 Å². The van der Waals surface area contributed by atoms with Crippen LogP contribution in [0.2, 0.25) is 0 Å². The van der Waals surface area contributed by atoms with Crippen LogP contribution in [0.3, 0.4) is 0 Å². The third-order valence-electron chi connectivity index (χ3n) is 7.04. The van der Waals surface area contributed by atoms with E-state index in [-0.39, 0.29) is 24.0 Å². The fourth-order valence-corrected chi connectivity index (χ4v) is 5.08. The number of aliphatic hydroxyl groups is 1. The molecule has 0 aromatic heterocycles. The molecule has 2 aliphatic rings. The van der Waals surface area contributed by atoms with Crippen molar-refractivity contribution in [1.82, 2.24) is 4.90 Å². The Bertz CT molecular complexity index is 1380. The summed E-state index contributed by atoms with van der Waals surface area (Å²) in [6.07, 6.45) is 1.69. The number of hydrogen-bond acceptors (Lipinski definition) is 5. The topological polar surface area (TPSA) is 76.1 Å². The highest BCUT2D eigenvalue weighted by atomic mass is 16.5. The Balaban J connectivity index is 1.57. The van der Waals surface area contributed by atoms with Crippen molar-refractivity contribution in [3.8, 4) is 11.5 Å². The summed E-state index contributed by atoms with van der Waals surface area (Å²) >= 11 is 0. The maximum atomic E-state index is 13.5. The summed E-state index contributed by atoms with van der Waals surface area (Å²) in [5.41, 5.74) is 3.15. The van der Waals surface area contributed by atoms with Gasteiger partial charge >= 0.3 is 0 Å². The summed E-state index contributed by atoms with van der Waals surface area (Å²) in [7, 11) is 0. The number of aliphatic hydroxyl groups excluding tert-OH is 1. The predicted octanol–water partition coefficient (Wildman–Crippen LogP) is 6.06. The van der Waals surface area contributed by atoms with Crippen LogP contribution in [0.15, 0.2) is 78.4 Å². The van der Waals surface area contributed by atoms with Crippen LogP contribution < -0.4 is 9.47 Å². The van der Waals surface area contributed by atoms with Crippen LogP contribution >= 0.6 is 0 Å². The van der Waals surface area contributed by atoms with Gasteiger partial charge in [-0.1, -0.05) is 56.3 Å². The van der Waals surface area contributed by atoms with Crippen LogP contribution in [0.1, 0.15) is 55.5 Å². The Morgan fingerprint density at radius 1 is 1.05 bits per heavy atom. The van der Waals surface area contributed by atoms with E-state index in [1.54, 1.807) is 6.07 Å². The first kappa shape index (κ1) is 25.6. The van der Waals surface area contributed by atoms with Crippen molar-refractivity contribution in [2.24, 2.45) is 5.92 Å². The molecule has 6 nitrogen and oxygen atoms in total. The third-order valence-corrected chi connectivity index (χ3v) is 7.04. The van der Waals surface area contributed by atoms with Gasteiger partial charge in [-0.15, -0.1) is 0 Å². The van der Waals surface area contributed by atoms with Gasteiger partial charge in [0.15, 0.2) is 0 Å². The smallest absolute Gasteiger partial charge is 0.295 e. The van der Waals surface area contributed by atoms with Crippen LogP contribution in [-0.4, -0.2) is 34.4 Å². The highest BCUT2D eigenvalue weighted by Crippen LogP contribution is 2.42. The average Bonchev–Trinajstić information content (AvgIpc) is 3.40. The molecule has 0 bridgehead atoms. The van der Waals surface area contributed by atoms with E-state index in [2.05, 4.69) is 13.8 Å². The molecule has 0 spiro atoms. The lowest BCUT2D eigenvalue weighted by atomic mass is 9.94. The van der Waals surface area contributed by atoms with Gasteiger partial charge in [-0.05, 0) is 66.3 Å². The Labute approximate surface area is 223 Å². The molecule has 2 heterocycles. The first-order valence-electron chi connectivity index (χ1n) is 13.2. The van der Waals surface area contributed by atoms with E-state index in [0.29, 0.717) is 29.4 Å². The molecule has 6 heteroatoms. The molecule has 2 aliphatic heterocycles. The van der Waals surface area contributed by atoms with Gasteiger partial charge in [-0.2, -0.15) is 0 Å². The van der Waals surface area contributed by atoms with Crippen molar-refractivity contribution in [2.45, 2.75) is 52.3 Å². The summed E-state index contributed by atoms with van der Waals surface area (Å²) in [6.45, 7) is 7.08. The molecule has 0 saturated carbocycles. The lowest BCUT2D eigenvalue weighted by molar-refractivity contribution is -0.140. The van der Waals surface area contributed by atoms with Gasteiger partial charge in [-0.3, -0.25) is 9.59 Å². The molecule has 1 fully saturated rings. The molecule has 3 aromatic carbocycles. The number of ketones is 1. The van der Waals surface area contributed by atoms with Crippen molar-refractivity contribution in [1.29, 1.82) is 0 Å². The Hall–Kier alpha value is -4.06. The van der Waals surface area contributed by atoms with Crippen LogP contribution in [0, 0.1) is 5.92 Å². The molecule has 2 atom stereocenters. The largest absolute Gasteiger partial charge is 0.507 e. The molecule has 0 aliphatic carbocycles. The molecule has 38 heavy (non-hydrogen) atoms. The van der Waals surface area contributed by atoms with Crippen LogP contribution in [0.5, 0.6) is 11.5 Å². The summed E-state index contributed by atoms with van der Waals surface area (Å²) in [6, 6.07) is 21.6. The molecule has 5 rings (SSSR count). The van der Waals surface area contributed by atoms with E-state index < -0.39 is 17.7 Å². The molecule has 0 radical (unpaired) electrons. The highest BCUT2D eigenvalue weighted by Gasteiger charge is 2.46. The van der Waals surface area contributed by atoms with Crippen LogP contribution in [-0.2, 0) is 22.6 Å². The van der Waals surface area contributed by atoms with E-state index in [1.807, 2.05) is 73.7 Å². The number of rotatable bonds is 8. The summed E-state index contributed by atoms with van der Waals surface area (Å²) in [5, 5.41) is 11.5. The minimum Gasteiger partial charge on any atom is -0.507 e. The summed E-state index contributed by atoms with van der Waals surface area (Å²) in [5.74, 6) is 0.442. The van der Waals surface area contributed by atoms with Gasteiger partial charge < -0.3 is 19.5 Å². The second-order valence-electron chi connectivity index (χ2n) is 10.5. The maximum Gasteiger partial charge on any atom is 0.295 e. The van der Waals surface area contributed by atoms with Gasteiger partial charge in [0.2, 0.25) is 0 Å². The van der Waals surface area contributed by atoms with Crippen molar-refractivity contribution in [3.05, 3.63) is 101 Å². The first-order valence-corrected chi connectivity index (χ1v) is 13.2. The monoisotopic (exact) mass is 511 g/mol. The maximum absolute atomic E-state index is 13.5. The van der Waals surface area contributed by atoms with E-state index in [9.17, 15) is 14.7 Å². The zero-order valence-corrected chi connectivity index (χ0v) is 22.0. The fraction of sp³-hybridized carbons (Fsp3) is 0.312. The SMILES string of the molecule is CC(C)CCOc1cccc(C2C(=C(O)c3ccc4c(c3)CC(C)O4)C(=O)C(=O)N2Cc2ccccc2)c1. The molecule has 196 valence electrons. The number of amides is 1. The van der Waals surface area contributed by atoms with Crippen LogP contribution in [0.4, 0.5) is 0 Å². The average molecular weight is 512 g/mol. The normalized spacial score (nSPS) is 20.1. The van der Waals surface area contributed by atoms with Gasteiger partial charge in [0.25, 0.3) is 11.7 Å². The molecular weight excluding hydrogens is 478 g/mol. The van der Waals surface area contributed by atoms with Gasteiger partial charge in [0.05, 0.1) is 18.2 Å². The zero-order valence-electron chi connectivity index (χ0n) is 22.0. The summed E-state index contributed by atoms with van der Waals surface area (Å²) in [4.78, 5) is 28.4. The molecule has 1 amide bonds. The fourth-order valence-electron chi connectivity index (χ4n) is 5.08. The lowest BCUT2D eigenvalue weighted by Gasteiger charge is -2.26. The van der Waals surface area contributed by atoms with Crippen molar-refractivity contribution in [3.63, 3.8) is 0 Å². The number of carbonyl (C=O) groups is 2. The second kappa shape index (κ2) is 10.7. The van der Waals surface area contributed by atoms with Gasteiger partial charge in [-0.25, -0.2) is 0 Å². The van der Waals surface area contributed by atoms with E-state index >= 15 is 0 Å². The third kappa shape index (κ3) is 5.17. The highest BCUT2D eigenvalue weighted by molar-refractivity contribution is 6.46. The molecular formula is C32H33NO5.